The maximum Gasteiger partial charge on any atom is 0.472 e. The number of nitrogens with zero attached hydrogens (tertiary/aromatic N) is 1. The van der Waals surface area contributed by atoms with Crippen molar-refractivity contribution in [3.05, 3.63) is 48.6 Å². The van der Waals surface area contributed by atoms with E-state index in [1.54, 1.807) is 6.08 Å². The van der Waals surface area contributed by atoms with Gasteiger partial charge in [-0.25, -0.2) is 4.57 Å². The Morgan fingerprint density at radius 2 is 1.19 bits per heavy atom. The number of carbonyl (C=O) groups is 1. The molecule has 0 bridgehead atoms. The summed E-state index contributed by atoms with van der Waals surface area (Å²) in [6.45, 7) is 4.66. The number of aliphatic hydroxyl groups excluding tert-OH is 1. The fourth-order valence-electron chi connectivity index (χ4n) is 4.90. The van der Waals surface area contributed by atoms with Gasteiger partial charge in [-0.3, -0.25) is 13.8 Å². The second-order valence-corrected chi connectivity index (χ2v) is 15.4. The first-order valence-corrected chi connectivity index (χ1v) is 20.5. The van der Waals surface area contributed by atoms with Crippen LogP contribution in [0.5, 0.6) is 0 Å². The Bertz CT molecular complexity index is 928. The van der Waals surface area contributed by atoms with Crippen molar-refractivity contribution in [3.63, 3.8) is 0 Å². The summed E-state index contributed by atoms with van der Waals surface area (Å²) in [7, 11) is 1.53. The Hall–Kier alpha value is -1.54. The fraction of sp³-hybridized carbons (Fsp3) is 0.769. The van der Waals surface area contributed by atoms with Gasteiger partial charge in [0.05, 0.1) is 39.9 Å². The standard InChI is InChI=1S/C39H73N2O6P/c1-6-8-10-12-14-16-18-19-20-21-23-25-27-29-31-33-39(43)40-37(36-47-48(44,45)46-35-34-41(3,4)5)38(42)32-30-28-26-24-22-17-15-13-11-9-7-2/h11,13,16,18,22,24,30,32,37-38,42H,6-10,12,14-15,17,19-21,23,25-29,31,33-36H2,1-5H3,(H-,40,43,44,45)/p+1/b13-11+,18-16-,24-22+,32-30+. The molecule has 3 N–H and O–H groups in total. The minimum Gasteiger partial charge on any atom is -0.387 e. The molecule has 0 fully saturated rings. The van der Waals surface area contributed by atoms with Crippen LogP contribution in [0.2, 0.25) is 0 Å². The summed E-state index contributed by atoms with van der Waals surface area (Å²) in [5, 5.41) is 13.7. The molecule has 8 nitrogen and oxygen atoms in total. The van der Waals surface area contributed by atoms with E-state index in [1.807, 2.05) is 27.2 Å². The minimum atomic E-state index is -4.34. The minimum absolute atomic E-state index is 0.0511. The molecule has 0 saturated carbocycles. The third-order valence-electron chi connectivity index (χ3n) is 7.98. The van der Waals surface area contributed by atoms with Crippen molar-refractivity contribution in [2.75, 3.05) is 40.9 Å². The molecule has 0 aromatic heterocycles. The highest BCUT2D eigenvalue weighted by Gasteiger charge is 2.27. The first-order valence-electron chi connectivity index (χ1n) is 19.0. The van der Waals surface area contributed by atoms with Crippen LogP contribution in [-0.2, 0) is 18.4 Å². The van der Waals surface area contributed by atoms with Crippen molar-refractivity contribution < 1.29 is 32.9 Å². The second-order valence-electron chi connectivity index (χ2n) is 13.9. The number of nitrogens with one attached hydrogen (secondary N) is 1. The lowest BCUT2D eigenvalue weighted by atomic mass is 10.1. The van der Waals surface area contributed by atoms with Crippen LogP contribution in [0.3, 0.4) is 0 Å². The van der Waals surface area contributed by atoms with Crippen LogP contribution in [0.1, 0.15) is 142 Å². The zero-order chi connectivity index (χ0) is 35.8. The number of unbranched alkanes of at least 4 members (excludes halogenated alkanes) is 14. The SMILES string of the molecule is CCC/C=C/CC/C=C/CC/C=C/C(O)C(COP(=O)(O)OCC[N+](C)(C)C)NC(=O)CCCCCCCCC/C=C\CCCCCC. The highest BCUT2D eigenvalue weighted by molar-refractivity contribution is 7.47. The Morgan fingerprint density at radius 3 is 1.75 bits per heavy atom. The van der Waals surface area contributed by atoms with Gasteiger partial charge in [0.1, 0.15) is 13.2 Å². The first-order chi connectivity index (χ1) is 23.0. The molecule has 0 spiro atoms. The van der Waals surface area contributed by atoms with E-state index in [-0.39, 0.29) is 19.1 Å². The van der Waals surface area contributed by atoms with Gasteiger partial charge in [-0.1, -0.05) is 120 Å². The van der Waals surface area contributed by atoms with E-state index in [9.17, 15) is 19.4 Å². The average Bonchev–Trinajstić information content (AvgIpc) is 3.02. The van der Waals surface area contributed by atoms with E-state index < -0.39 is 20.0 Å². The summed E-state index contributed by atoms with van der Waals surface area (Å²) >= 11 is 0. The lowest BCUT2D eigenvalue weighted by molar-refractivity contribution is -0.870. The Labute approximate surface area is 295 Å². The van der Waals surface area contributed by atoms with Gasteiger partial charge < -0.3 is 19.8 Å². The molecule has 0 aromatic carbocycles. The second kappa shape index (κ2) is 31.4. The third kappa shape index (κ3) is 33.0. The number of hydrogen-bond acceptors (Lipinski definition) is 5. The lowest BCUT2D eigenvalue weighted by Gasteiger charge is -2.25. The van der Waals surface area contributed by atoms with Crippen LogP contribution in [0.4, 0.5) is 0 Å². The summed E-state index contributed by atoms with van der Waals surface area (Å²) in [4.78, 5) is 23.0. The highest BCUT2D eigenvalue weighted by atomic mass is 31.2. The number of amides is 1. The van der Waals surface area contributed by atoms with Gasteiger partial charge in [0.2, 0.25) is 5.91 Å². The van der Waals surface area contributed by atoms with Crippen molar-refractivity contribution in [2.45, 2.75) is 154 Å². The molecule has 9 heteroatoms. The number of rotatable bonds is 33. The molecule has 0 aliphatic heterocycles. The number of carbonyl (C=O) groups excluding carboxylic acids is 1. The summed E-state index contributed by atoms with van der Waals surface area (Å²) in [5.74, 6) is -0.202. The molecular formula is C39H74N2O6P+. The molecule has 3 atom stereocenters. The number of phosphoric acid groups is 1. The smallest absolute Gasteiger partial charge is 0.387 e. The highest BCUT2D eigenvalue weighted by Crippen LogP contribution is 2.43. The molecule has 0 heterocycles. The Morgan fingerprint density at radius 1 is 0.688 bits per heavy atom. The van der Waals surface area contributed by atoms with Crippen LogP contribution in [0.15, 0.2) is 48.6 Å². The van der Waals surface area contributed by atoms with E-state index in [0.717, 1.165) is 51.4 Å². The van der Waals surface area contributed by atoms with Gasteiger partial charge in [0.25, 0.3) is 0 Å². The molecule has 0 saturated heterocycles. The molecule has 0 aromatic rings. The Balaban J connectivity index is 4.58. The molecule has 3 unspecified atom stereocenters. The average molecular weight is 698 g/mol. The molecule has 0 aliphatic rings. The zero-order valence-corrected chi connectivity index (χ0v) is 32.4. The first kappa shape index (κ1) is 46.5. The normalized spacial score (nSPS) is 15.2. The molecule has 0 aliphatic carbocycles. The molecule has 1 amide bonds. The van der Waals surface area contributed by atoms with Crippen LogP contribution >= 0.6 is 7.82 Å². The lowest BCUT2D eigenvalue weighted by Crippen LogP contribution is -2.45. The molecule has 0 rings (SSSR count). The van der Waals surface area contributed by atoms with E-state index >= 15 is 0 Å². The predicted octanol–water partition coefficient (Wildman–Crippen LogP) is 9.74. The molecular weight excluding hydrogens is 623 g/mol. The monoisotopic (exact) mass is 698 g/mol. The predicted molar refractivity (Wildman–Crippen MR) is 203 cm³/mol. The van der Waals surface area contributed by atoms with Crippen molar-refractivity contribution in [1.82, 2.24) is 5.32 Å². The number of allylic oxidation sites excluding steroid dienone is 7. The van der Waals surface area contributed by atoms with Gasteiger partial charge in [-0.05, 0) is 64.2 Å². The van der Waals surface area contributed by atoms with Crippen molar-refractivity contribution in [3.8, 4) is 0 Å². The van der Waals surface area contributed by atoms with Crippen molar-refractivity contribution in [2.24, 2.45) is 0 Å². The molecule has 280 valence electrons. The fourth-order valence-corrected chi connectivity index (χ4v) is 5.63. The van der Waals surface area contributed by atoms with Crippen molar-refractivity contribution in [1.29, 1.82) is 0 Å². The van der Waals surface area contributed by atoms with Gasteiger partial charge in [0, 0.05) is 6.42 Å². The summed E-state index contributed by atoms with van der Waals surface area (Å²) < 4.78 is 23.4. The maximum atomic E-state index is 12.8. The van der Waals surface area contributed by atoms with Gasteiger partial charge >= 0.3 is 7.82 Å². The largest absolute Gasteiger partial charge is 0.472 e. The van der Waals surface area contributed by atoms with Crippen molar-refractivity contribution >= 4 is 13.7 Å². The van der Waals surface area contributed by atoms with Gasteiger partial charge in [-0.2, -0.15) is 0 Å². The van der Waals surface area contributed by atoms with Crippen LogP contribution in [0.25, 0.3) is 0 Å². The zero-order valence-electron chi connectivity index (χ0n) is 31.5. The van der Waals surface area contributed by atoms with E-state index in [0.29, 0.717) is 17.4 Å². The molecule has 0 radical (unpaired) electrons. The van der Waals surface area contributed by atoms with Gasteiger partial charge in [-0.15, -0.1) is 0 Å². The maximum absolute atomic E-state index is 12.8. The third-order valence-corrected chi connectivity index (χ3v) is 8.96. The van der Waals surface area contributed by atoms with Gasteiger partial charge in [0.15, 0.2) is 0 Å². The number of phosphoric ester groups is 1. The number of aliphatic hydroxyl groups is 1. The molecule has 48 heavy (non-hydrogen) atoms. The van der Waals surface area contributed by atoms with Crippen LogP contribution in [-0.4, -0.2) is 73.4 Å². The summed E-state index contributed by atoms with van der Waals surface area (Å²) in [6, 6.07) is -0.868. The summed E-state index contributed by atoms with van der Waals surface area (Å²) in [5.41, 5.74) is 0. The van der Waals surface area contributed by atoms with E-state index in [4.69, 9.17) is 9.05 Å². The van der Waals surface area contributed by atoms with E-state index in [2.05, 4.69) is 55.6 Å². The number of likely N-dealkylation sites (N-methyl/N-ethyl adjacent to an activating group) is 1. The number of quaternary nitrogens is 1. The Kier molecular flexibility index (Phi) is 30.4. The van der Waals surface area contributed by atoms with Crippen LogP contribution < -0.4 is 5.32 Å². The van der Waals surface area contributed by atoms with E-state index in [1.165, 1.54) is 70.6 Å². The quantitative estimate of drug-likeness (QED) is 0.0273. The summed E-state index contributed by atoms with van der Waals surface area (Å²) in [6.07, 6.45) is 37.5. The number of hydrogen-bond donors (Lipinski definition) is 3. The van der Waals surface area contributed by atoms with Crippen LogP contribution in [0, 0.1) is 0 Å². The topological polar surface area (TPSA) is 105 Å².